The zero-order valence-corrected chi connectivity index (χ0v) is 18.9. The van der Waals surface area contributed by atoms with Gasteiger partial charge in [-0.1, -0.05) is 18.2 Å². The van der Waals surface area contributed by atoms with E-state index < -0.39 is 6.04 Å². The molecule has 2 aromatic carbocycles. The van der Waals surface area contributed by atoms with E-state index in [1.807, 2.05) is 49.4 Å². The summed E-state index contributed by atoms with van der Waals surface area (Å²) in [7, 11) is 3.20. The molecular weight excluding hydrogens is 420 g/mol. The van der Waals surface area contributed by atoms with Gasteiger partial charge in [-0.2, -0.15) is 4.98 Å². The Morgan fingerprint density at radius 1 is 1.06 bits per heavy atom. The van der Waals surface area contributed by atoms with E-state index in [9.17, 15) is 4.79 Å². The molecule has 0 radical (unpaired) electrons. The first-order valence-electron chi connectivity index (χ1n) is 11.1. The molecule has 170 valence electrons. The molecule has 0 bridgehead atoms. The molecule has 8 nitrogen and oxygen atoms in total. The quantitative estimate of drug-likeness (QED) is 0.601. The van der Waals surface area contributed by atoms with Crippen LogP contribution in [0.5, 0.6) is 17.2 Å². The van der Waals surface area contributed by atoms with Gasteiger partial charge in [0.25, 0.3) is 0 Å². The molecule has 5 rings (SSSR count). The summed E-state index contributed by atoms with van der Waals surface area (Å²) in [4.78, 5) is 17.9. The Morgan fingerprint density at radius 3 is 2.67 bits per heavy atom. The van der Waals surface area contributed by atoms with E-state index in [1.165, 1.54) is 0 Å². The lowest BCUT2D eigenvalue weighted by Gasteiger charge is -2.32. The van der Waals surface area contributed by atoms with Crippen LogP contribution in [0.3, 0.4) is 0 Å². The smallest absolute Gasteiger partial charge is 0.226 e. The highest BCUT2D eigenvalue weighted by atomic mass is 16.5. The van der Waals surface area contributed by atoms with Crippen LogP contribution >= 0.6 is 0 Å². The molecule has 2 heterocycles. The fourth-order valence-corrected chi connectivity index (χ4v) is 4.53. The van der Waals surface area contributed by atoms with Crippen LogP contribution in [-0.2, 0) is 4.79 Å². The number of nitrogens with one attached hydrogen (secondary N) is 1. The molecule has 2 aliphatic rings. The predicted octanol–water partition coefficient (Wildman–Crippen LogP) is 4.38. The number of anilines is 1. The molecule has 0 saturated heterocycles. The third-order valence-electron chi connectivity index (χ3n) is 6.02. The van der Waals surface area contributed by atoms with Gasteiger partial charge in [0.2, 0.25) is 5.95 Å². The summed E-state index contributed by atoms with van der Waals surface area (Å²) in [5.74, 6) is 3.24. The van der Waals surface area contributed by atoms with Crippen LogP contribution in [0, 0.1) is 0 Å². The van der Waals surface area contributed by atoms with E-state index in [0.29, 0.717) is 36.3 Å². The Morgan fingerprint density at radius 2 is 1.88 bits per heavy atom. The second-order valence-corrected chi connectivity index (χ2v) is 7.94. The topological polar surface area (TPSA) is 87.5 Å². The SMILES string of the molecule is CCOc1ccccc1C1C2=C(CCCC2=O)Nc2nc(-c3ccc(OC)c(OC)c3)nn21. The van der Waals surface area contributed by atoms with Crippen LogP contribution in [0.1, 0.15) is 37.8 Å². The zero-order valence-electron chi connectivity index (χ0n) is 18.9. The second kappa shape index (κ2) is 8.61. The Bertz CT molecular complexity index is 1250. The summed E-state index contributed by atoms with van der Waals surface area (Å²) in [6.45, 7) is 2.48. The minimum atomic E-state index is -0.409. The van der Waals surface area contributed by atoms with Crippen molar-refractivity contribution in [1.29, 1.82) is 0 Å². The number of allylic oxidation sites excluding steroid dienone is 2. The molecular formula is C25H26N4O4. The number of para-hydroxylation sites is 1. The van der Waals surface area contributed by atoms with Crippen LogP contribution < -0.4 is 19.5 Å². The van der Waals surface area contributed by atoms with Crippen molar-refractivity contribution in [3.8, 4) is 28.6 Å². The first kappa shape index (κ1) is 21.1. The summed E-state index contributed by atoms with van der Waals surface area (Å²) in [6.07, 6.45) is 2.15. The van der Waals surface area contributed by atoms with Gasteiger partial charge in [0, 0.05) is 28.8 Å². The van der Waals surface area contributed by atoms with Gasteiger partial charge >= 0.3 is 0 Å². The van der Waals surface area contributed by atoms with Crippen molar-refractivity contribution in [1.82, 2.24) is 14.8 Å². The Hall–Kier alpha value is -3.81. The maximum absolute atomic E-state index is 13.1. The monoisotopic (exact) mass is 446 g/mol. The normalized spacial score (nSPS) is 17.2. The number of ether oxygens (including phenoxy) is 3. The molecule has 8 heteroatoms. The van der Waals surface area contributed by atoms with Gasteiger partial charge in [-0.3, -0.25) is 4.79 Å². The highest BCUT2D eigenvalue weighted by Gasteiger charge is 2.38. The van der Waals surface area contributed by atoms with Gasteiger partial charge in [-0.25, -0.2) is 4.68 Å². The van der Waals surface area contributed by atoms with Crippen molar-refractivity contribution in [3.63, 3.8) is 0 Å². The summed E-state index contributed by atoms with van der Waals surface area (Å²) in [5.41, 5.74) is 3.34. The lowest BCUT2D eigenvalue weighted by atomic mass is 9.85. The van der Waals surface area contributed by atoms with Gasteiger partial charge < -0.3 is 19.5 Å². The number of carbonyl (C=O) groups excluding carboxylic acids is 1. The van der Waals surface area contributed by atoms with Crippen LogP contribution in [0.25, 0.3) is 11.4 Å². The van der Waals surface area contributed by atoms with Crippen molar-refractivity contribution >= 4 is 11.7 Å². The molecule has 3 aromatic rings. The van der Waals surface area contributed by atoms with E-state index in [-0.39, 0.29) is 5.78 Å². The molecule has 1 atom stereocenters. The number of hydrogen-bond donors (Lipinski definition) is 1. The van der Waals surface area contributed by atoms with Crippen LogP contribution in [0.4, 0.5) is 5.95 Å². The van der Waals surface area contributed by atoms with E-state index in [1.54, 1.807) is 18.9 Å². The molecule has 33 heavy (non-hydrogen) atoms. The first-order valence-corrected chi connectivity index (χ1v) is 11.1. The van der Waals surface area contributed by atoms with Gasteiger partial charge in [0.05, 0.1) is 20.8 Å². The lowest BCUT2D eigenvalue weighted by molar-refractivity contribution is -0.116. The standard InChI is InChI=1S/C25H26N4O4/c1-4-33-19-11-6-5-8-16(19)23-22-17(9-7-10-18(22)30)26-25-27-24(28-29(23)25)15-12-13-20(31-2)21(14-15)32-3/h5-6,8,11-14,23H,4,7,9-10H2,1-3H3,(H,26,27,28). The molecule has 1 unspecified atom stereocenters. The lowest BCUT2D eigenvalue weighted by Crippen LogP contribution is -2.31. The van der Waals surface area contributed by atoms with Crippen molar-refractivity contribution in [2.75, 3.05) is 26.1 Å². The number of methoxy groups -OCH3 is 2. The molecule has 0 saturated carbocycles. The first-order chi connectivity index (χ1) is 16.1. The predicted molar refractivity (Wildman–Crippen MR) is 124 cm³/mol. The van der Waals surface area contributed by atoms with Gasteiger partial charge in [0.1, 0.15) is 11.8 Å². The maximum Gasteiger partial charge on any atom is 0.226 e. The number of Topliss-reactive ketones (excluding diaryl/α,β-unsaturated/α-hetero) is 1. The van der Waals surface area contributed by atoms with Crippen molar-refractivity contribution in [2.45, 2.75) is 32.2 Å². The molecule has 1 N–H and O–H groups in total. The summed E-state index contributed by atoms with van der Waals surface area (Å²) in [6, 6.07) is 13.0. The van der Waals surface area contributed by atoms with Crippen LogP contribution in [0.15, 0.2) is 53.7 Å². The number of fused-ring (bicyclic) bond motifs is 1. The molecule has 1 aliphatic carbocycles. The highest BCUT2D eigenvalue weighted by Crippen LogP contribution is 2.43. The van der Waals surface area contributed by atoms with Crippen LogP contribution in [0.2, 0.25) is 0 Å². The Balaban J connectivity index is 1.66. The van der Waals surface area contributed by atoms with E-state index >= 15 is 0 Å². The number of hydrogen-bond acceptors (Lipinski definition) is 7. The average molecular weight is 447 g/mol. The van der Waals surface area contributed by atoms with E-state index in [4.69, 9.17) is 24.3 Å². The number of ketones is 1. The number of nitrogens with zero attached hydrogens (tertiary/aromatic N) is 3. The third-order valence-corrected chi connectivity index (χ3v) is 6.02. The molecule has 1 aromatic heterocycles. The minimum Gasteiger partial charge on any atom is -0.494 e. The Labute approximate surface area is 192 Å². The van der Waals surface area contributed by atoms with Gasteiger partial charge in [0.15, 0.2) is 23.1 Å². The number of rotatable bonds is 6. The van der Waals surface area contributed by atoms with Crippen molar-refractivity contribution in [2.24, 2.45) is 0 Å². The molecule has 1 aliphatic heterocycles. The van der Waals surface area contributed by atoms with E-state index in [0.717, 1.165) is 41.0 Å². The minimum absolute atomic E-state index is 0.133. The summed E-state index contributed by atoms with van der Waals surface area (Å²) in [5, 5.41) is 8.21. The maximum atomic E-state index is 13.1. The summed E-state index contributed by atoms with van der Waals surface area (Å²) < 4.78 is 18.5. The van der Waals surface area contributed by atoms with Gasteiger partial charge in [-0.05, 0) is 44.0 Å². The Kier molecular flexibility index (Phi) is 5.50. The fourth-order valence-electron chi connectivity index (χ4n) is 4.53. The van der Waals surface area contributed by atoms with Crippen molar-refractivity contribution < 1.29 is 19.0 Å². The number of benzene rings is 2. The number of carbonyl (C=O) groups is 1. The third kappa shape index (κ3) is 3.61. The fraction of sp³-hybridized carbons (Fsp3) is 0.320. The molecule has 0 amide bonds. The zero-order chi connectivity index (χ0) is 22.9. The molecule has 0 spiro atoms. The largest absolute Gasteiger partial charge is 0.494 e. The summed E-state index contributed by atoms with van der Waals surface area (Å²) >= 11 is 0. The van der Waals surface area contributed by atoms with Gasteiger partial charge in [-0.15, -0.1) is 5.10 Å². The second-order valence-electron chi connectivity index (χ2n) is 7.94. The van der Waals surface area contributed by atoms with Crippen LogP contribution in [-0.4, -0.2) is 41.4 Å². The van der Waals surface area contributed by atoms with Crippen molar-refractivity contribution in [3.05, 3.63) is 59.3 Å². The number of aromatic nitrogens is 3. The van der Waals surface area contributed by atoms with E-state index in [2.05, 4.69) is 5.32 Å². The average Bonchev–Trinajstić information content (AvgIpc) is 3.27. The highest BCUT2D eigenvalue weighted by molar-refractivity contribution is 5.99. The molecule has 0 fully saturated rings.